The first-order valence-corrected chi connectivity index (χ1v) is 6.71. The molecule has 0 unspecified atom stereocenters. The number of halogens is 2. The van der Waals surface area contributed by atoms with E-state index in [2.05, 4.69) is 26.0 Å². The van der Waals surface area contributed by atoms with Crippen LogP contribution in [0, 0.1) is 11.6 Å². The standard InChI is InChI=1S/C17H18F2/c1-3-12(4-2)13-5-7-14(8-6-13)15-9-10-16(18)17(19)11-15/h5-12H,3-4H2,1-2H3. The van der Waals surface area contributed by atoms with Crippen LogP contribution in [0.3, 0.4) is 0 Å². The van der Waals surface area contributed by atoms with Crippen molar-refractivity contribution in [3.05, 3.63) is 59.7 Å². The van der Waals surface area contributed by atoms with Gasteiger partial charge in [0.1, 0.15) is 0 Å². The van der Waals surface area contributed by atoms with E-state index in [9.17, 15) is 8.78 Å². The second-order valence-corrected chi connectivity index (χ2v) is 4.76. The van der Waals surface area contributed by atoms with Gasteiger partial charge in [0, 0.05) is 0 Å². The smallest absolute Gasteiger partial charge is 0.159 e. The third kappa shape index (κ3) is 3.01. The fourth-order valence-corrected chi connectivity index (χ4v) is 2.38. The maximum absolute atomic E-state index is 13.2. The number of hydrogen-bond acceptors (Lipinski definition) is 0. The Morgan fingerprint density at radius 1 is 0.789 bits per heavy atom. The van der Waals surface area contributed by atoms with Crippen molar-refractivity contribution in [2.45, 2.75) is 32.6 Å². The lowest BCUT2D eigenvalue weighted by atomic mass is 9.92. The molecular weight excluding hydrogens is 242 g/mol. The van der Waals surface area contributed by atoms with Gasteiger partial charge in [0.25, 0.3) is 0 Å². The molecule has 2 aromatic carbocycles. The van der Waals surface area contributed by atoms with E-state index in [1.165, 1.54) is 17.7 Å². The summed E-state index contributed by atoms with van der Waals surface area (Å²) in [6.07, 6.45) is 2.22. The summed E-state index contributed by atoms with van der Waals surface area (Å²) in [5, 5.41) is 0. The van der Waals surface area contributed by atoms with Crippen LogP contribution in [0.25, 0.3) is 11.1 Å². The minimum absolute atomic E-state index is 0.569. The van der Waals surface area contributed by atoms with Gasteiger partial charge >= 0.3 is 0 Å². The molecule has 0 aliphatic carbocycles. The Bertz CT molecular complexity index is 540. The number of benzene rings is 2. The van der Waals surface area contributed by atoms with E-state index < -0.39 is 11.6 Å². The lowest BCUT2D eigenvalue weighted by Gasteiger charge is -2.13. The second kappa shape index (κ2) is 5.96. The van der Waals surface area contributed by atoms with Crippen LogP contribution in [0.2, 0.25) is 0 Å². The fraction of sp³-hybridized carbons (Fsp3) is 0.294. The quantitative estimate of drug-likeness (QED) is 0.677. The van der Waals surface area contributed by atoms with Crippen molar-refractivity contribution in [1.29, 1.82) is 0 Å². The molecule has 0 N–H and O–H groups in total. The molecule has 100 valence electrons. The molecule has 0 amide bonds. The fourth-order valence-electron chi connectivity index (χ4n) is 2.38. The van der Waals surface area contributed by atoms with Crippen molar-refractivity contribution in [3.8, 4) is 11.1 Å². The first kappa shape index (κ1) is 13.7. The first-order chi connectivity index (χ1) is 9.15. The van der Waals surface area contributed by atoms with E-state index in [1.54, 1.807) is 6.07 Å². The zero-order chi connectivity index (χ0) is 13.8. The van der Waals surface area contributed by atoms with Crippen LogP contribution in [0.1, 0.15) is 38.2 Å². The van der Waals surface area contributed by atoms with Gasteiger partial charge in [-0.25, -0.2) is 8.78 Å². The molecule has 0 aromatic heterocycles. The van der Waals surface area contributed by atoms with Crippen molar-refractivity contribution in [2.24, 2.45) is 0 Å². The molecule has 2 aromatic rings. The maximum Gasteiger partial charge on any atom is 0.159 e. The van der Waals surface area contributed by atoms with Crippen molar-refractivity contribution >= 4 is 0 Å². The normalized spacial score (nSPS) is 11.0. The van der Waals surface area contributed by atoms with E-state index in [1.807, 2.05) is 12.1 Å². The Morgan fingerprint density at radius 3 is 1.89 bits per heavy atom. The second-order valence-electron chi connectivity index (χ2n) is 4.76. The molecule has 2 rings (SSSR count). The molecule has 2 heteroatoms. The molecule has 0 atom stereocenters. The minimum atomic E-state index is -0.808. The number of rotatable bonds is 4. The highest BCUT2D eigenvalue weighted by atomic mass is 19.2. The number of hydrogen-bond donors (Lipinski definition) is 0. The first-order valence-electron chi connectivity index (χ1n) is 6.71. The molecule has 0 spiro atoms. The highest BCUT2D eigenvalue weighted by Crippen LogP contribution is 2.27. The van der Waals surface area contributed by atoms with E-state index in [0.717, 1.165) is 18.4 Å². The molecule has 19 heavy (non-hydrogen) atoms. The van der Waals surface area contributed by atoms with E-state index in [4.69, 9.17) is 0 Å². The summed E-state index contributed by atoms with van der Waals surface area (Å²) < 4.78 is 26.1. The Labute approximate surface area is 113 Å². The van der Waals surface area contributed by atoms with Crippen LogP contribution in [-0.2, 0) is 0 Å². The summed E-state index contributed by atoms with van der Waals surface area (Å²) in [5.41, 5.74) is 2.92. The van der Waals surface area contributed by atoms with Crippen LogP contribution in [0.15, 0.2) is 42.5 Å². The van der Waals surface area contributed by atoms with Crippen LogP contribution in [0.5, 0.6) is 0 Å². The molecule has 0 heterocycles. The average molecular weight is 260 g/mol. The van der Waals surface area contributed by atoms with Crippen molar-refractivity contribution in [2.75, 3.05) is 0 Å². The lowest BCUT2D eigenvalue weighted by Crippen LogP contribution is -1.95. The Morgan fingerprint density at radius 2 is 1.37 bits per heavy atom. The summed E-state index contributed by atoms with van der Waals surface area (Å²) in [6.45, 7) is 4.36. The summed E-state index contributed by atoms with van der Waals surface area (Å²) in [6, 6.07) is 12.1. The van der Waals surface area contributed by atoms with Gasteiger partial charge in [0.15, 0.2) is 11.6 Å². The third-order valence-corrected chi connectivity index (χ3v) is 3.62. The van der Waals surface area contributed by atoms with E-state index >= 15 is 0 Å². The Hall–Kier alpha value is -1.70. The zero-order valence-corrected chi connectivity index (χ0v) is 11.3. The SMILES string of the molecule is CCC(CC)c1ccc(-c2ccc(F)c(F)c2)cc1. The molecule has 0 aliphatic heterocycles. The van der Waals surface area contributed by atoms with Gasteiger partial charge in [-0.2, -0.15) is 0 Å². The summed E-state index contributed by atoms with van der Waals surface area (Å²) in [5.74, 6) is -1.04. The van der Waals surface area contributed by atoms with Crippen LogP contribution in [-0.4, -0.2) is 0 Å². The van der Waals surface area contributed by atoms with E-state index in [-0.39, 0.29) is 0 Å². The van der Waals surface area contributed by atoms with Crippen molar-refractivity contribution < 1.29 is 8.78 Å². The summed E-state index contributed by atoms with van der Waals surface area (Å²) in [7, 11) is 0. The van der Waals surface area contributed by atoms with Crippen LogP contribution in [0.4, 0.5) is 8.78 Å². The molecule has 0 nitrogen and oxygen atoms in total. The summed E-state index contributed by atoms with van der Waals surface area (Å²) in [4.78, 5) is 0. The van der Waals surface area contributed by atoms with Gasteiger partial charge in [0.2, 0.25) is 0 Å². The lowest BCUT2D eigenvalue weighted by molar-refractivity contribution is 0.509. The predicted octanol–water partition coefficient (Wildman–Crippen LogP) is 5.54. The van der Waals surface area contributed by atoms with Gasteiger partial charge in [-0.1, -0.05) is 44.2 Å². The average Bonchev–Trinajstić information content (AvgIpc) is 2.44. The van der Waals surface area contributed by atoms with Crippen LogP contribution >= 0.6 is 0 Å². The molecule has 0 aliphatic rings. The maximum atomic E-state index is 13.2. The largest absolute Gasteiger partial charge is 0.204 e. The van der Waals surface area contributed by atoms with Crippen LogP contribution < -0.4 is 0 Å². The van der Waals surface area contributed by atoms with E-state index in [0.29, 0.717) is 11.5 Å². The molecule has 0 saturated carbocycles. The van der Waals surface area contributed by atoms with Gasteiger partial charge in [0.05, 0.1) is 0 Å². The Kier molecular flexibility index (Phi) is 4.31. The van der Waals surface area contributed by atoms with Gasteiger partial charge in [-0.3, -0.25) is 0 Å². The third-order valence-electron chi connectivity index (χ3n) is 3.62. The molecule has 0 radical (unpaired) electrons. The predicted molar refractivity (Wildman–Crippen MR) is 75.1 cm³/mol. The van der Waals surface area contributed by atoms with Gasteiger partial charge < -0.3 is 0 Å². The minimum Gasteiger partial charge on any atom is -0.204 e. The highest BCUT2D eigenvalue weighted by Gasteiger charge is 2.08. The van der Waals surface area contributed by atoms with Gasteiger partial charge in [-0.15, -0.1) is 0 Å². The molecule has 0 fully saturated rings. The van der Waals surface area contributed by atoms with Gasteiger partial charge in [-0.05, 0) is 47.6 Å². The monoisotopic (exact) mass is 260 g/mol. The molecular formula is C17H18F2. The zero-order valence-electron chi connectivity index (χ0n) is 11.3. The van der Waals surface area contributed by atoms with Crippen molar-refractivity contribution in [3.63, 3.8) is 0 Å². The summed E-state index contributed by atoms with van der Waals surface area (Å²) >= 11 is 0. The Balaban J connectivity index is 2.29. The molecule has 0 saturated heterocycles. The topological polar surface area (TPSA) is 0 Å². The highest BCUT2D eigenvalue weighted by molar-refractivity contribution is 5.63. The van der Waals surface area contributed by atoms with Crippen molar-refractivity contribution in [1.82, 2.24) is 0 Å². The molecule has 0 bridgehead atoms.